The molecule has 0 unspecified atom stereocenters. The van der Waals surface area contributed by atoms with E-state index in [9.17, 15) is 14.7 Å². The van der Waals surface area contributed by atoms with Crippen molar-refractivity contribution in [3.05, 3.63) is 61.8 Å². The number of hydrogen-bond donors (Lipinski definition) is 2. The summed E-state index contributed by atoms with van der Waals surface area (Å²) in [4.78, 5) is 27.5. The number of benzene rings is 2. The molecule has 0 saturated heterocycles. The maximum atomic E-state index is 12.6. The van der Waals surface area contributed by atoms with Gasteiger partial charge in [-0.3, -0.25) is 9.59 Å². The Morgan fingerprint density at radius 1 is 1.16 bits per heavy atom. The predicted molar refractivity (Wildman–Crippen MR) is 125 cm³/mol. The maximum Gasteiger partial charge on any atom is 0.307 e. The maximum absolute atomic E-state index is 12.6. The molecule has 2 aromatic carbocycles. The number of aromatic nitrogens is 1. The Morgan fingerprint density at radius 2 is 1.97 bits per heavy atom. The minimum Gasteiger partial charge on any atom is -0.493 e. The van der Waals surface area contributed by atoms with Crippen molar-refractivity contribution in [2.75, 3.05) is 6.61 Å². The second kappa shape index (κ2) is 7.24. The van der Waals surface area contributed by atoms with Crippen molar-refractivity contribution in [2.45, 2.75) is 40.0 Å². The molecule has 158 valence electrons. The van der Waals surface area contributed by atoms with Crippen LogP contribution in [-0.2, 0) is 17.6 Å². The number of aromatic amines is 1. The number of carbonyl (C=O) groups is 1. The van der Waals surface area contributed by atoms with Gasteiger partial charge in [-0.05, 0) is 90.1 Å². The molecule has 6 heteroatoms. The lowest BCUT2D eigenvalue weighted by molar-refractivity contribution is -0.136. The fourth-order valence-electron chi connectivity index (χ4n) is 5.03. The molecule has 5 rings (SSSR count). The zero-order valence-electron chi connectivity index (χ0n) is 17.7. The van der Waals surface area contributed by atoms with E-state index in [1.807, 2.05) is 31.4 Å². The van der Waals surface area contributed by atoms with Crippen LogP contribution in [0.1, 0.15) is 34.2 Å². The molecule has 2 N–H and O–H groups in total. The summed E-state index contributed by atoms with van der Waals surface area (Å²) in [5.41, 5.74) is 7.50. The smallest absolute Gasteiger partial charge is 0.307 e. The number of aliphatic carboxylic acids is 1. The van der Waals surface area contributed by atoms with Gasteiger partial charge in [0.05, 0.1) is 18.5 Å². The second-order valence-electron chi connectivity index (χ2n) is 8.21. The summed E-state index contributed by atoms with van der Waals surface area (Å²) in [6, 6.07) is 6.04. The molecule has 0 amide bonds. The summed E-state index contributed by atoms with van der Waals surface area (Å²) in [7, 11) is 0. The predicted octanol–water partition coefficient (Wildman–Crippen LogP) is 5.29. The van der Waals surface area contributed by atoms with Crippen LogP contribution in [0, 0.1) is 20.8 Å². The molecule has 0 radical (unpaired) electrons. The highest BCUT2D eigenvalue weighted by molar-refractivity contribution is 7.17. The topological polar surface area (TPSA) is 79.4 Å². The lowest BCUT2D eigenvalue weighted by Crippen LogP contribution is -2.13. The molecular weight excluding hydrogens is 410 g/mol. The van der Waals surface area contributed by atoms with Gasteiger partial charge in [-0.2, -0.15) is 0 Å². The van der Waals surface area contributed by atoms with E-state index < -0.39 is 5.97 Å². The van der Waals surface area contributed by atoms with Crippen LogP contribution in [-0.4, -0.2) is 22.7 Å². The van der Waals surface area contributed by atoms with E-state index in [1.54, 1.807) is 0 Å². The normalized spacial score (nSPS) is 13.4. The Labute approximate surface area is 183 Å². The van der Waals surface area contributed by atoms with E-state index in [4.69, 9.17) is 4.74 Å². The van der Waals surface area contributed by atoms with Gasteiger partial charge < -0.3 is 14.8 Å². The molecule has 0 fully saturated rings. The van der Waals surface area contributed by atoms with Crippen molar-refractivity contribution >= 4 is 38.3 Å². The first-order valence-electron chi connectivity index (χ1n) is 10.4. The number of rotatable bonds is 3. The highest BCUT2D eigenvalue weighted by Gasteiger charge is 2.24. The van der Waals surface area contributed by atoms with Crippen LogP contribution >= 0.6 is 11.3 Å². The van der Waals surface area contributed by atoms with E-state index in [2.05, 4.69) is 18.0 Å². The average molecular weight is 434 g/mol. The molecule has 4 aromatic rings. The van der Waals surface area contributed by atoms with Crippen molar-refractivity contribution < 1.29 is 14.6 Å². The Bertz CT molecular complexity index is 1440. The number of ether oxygens (including phenoxy) is 1. The summed E-state index contributed by atoms with van der Waals surface area (Å²) >= 11 is 1.43. The van der Waals surface area contributed by atoms with Gasteiger partial charge >= 0.3 is 5.97 Å². The molecular formula is C25H23NO4S. The van der Waals surface area contributed by atoms with Crippen LogP contribution in [0.5, 0.6) is 5.75 Å². The number of hydrogen-bond acceptors (Lipinski definition) is 4. The summed E-state index contributed by atoms with van der Waals surface area (Å²) in [6.45, 7) is 6.77. The first-order valence-corrected chi connectivity index (χ1v) is 11.3. The van der Waals surface area contributed by atoms with Crippen LogP contribution < -0.4 is 10.3 Å². The zero-order valence-corrected chi connectivity index (χ0v) is 18.5. The van der Waals surface area contributed by atoms with Crippen LogP contribution in [0.15, 0.2) is 28.4 Å². The third kappa shape index (κ3) is 2.97. The van der Waals surface area contributed by atoms with Crippen LogP contribution in [0.3, 0.4) is 0 Å². The zero-order chi connectivity index (χ0) is 21.9. The van der Waals surface area contributed by atoms with Crippen LogP contribution in [0.4, 0.5) is 0 Å². The summed E-state index contributed by atoms with van der Waals surface area (Å²) in [5.74, 6) is 0.0352. The number of fused-ring (bicyclic) bond motifs is 4. The molecule has 0 aliphatic carbocycles. The quantitative estimate of drug-likeness (QED) is 0.460. The molecule has 5 nitrogen and oxygen atoms in total. The number of nitrogens with one attached hydrogen (secondary N) is 1. The average Bonchev–Trinajstić information content (AvgIpc) is 3.23. The standard InChI is InChI=1S/C25H23NO4S/c1-12-15-5-4-9-30-19(15)7-6-16(12)21-14(3)22-17-8-10-31-24(17)25(29)26-23(22)13(2)18(21)11-20(27)28/h6-8,10H,4-5,9,11H2,1-3H3,(H,26,29)(H,27,28). The van der Waals surface area contributed by atoms with Gasteiger partial charge in [0.15, 0.2) is 0 Å². The molecule has 3 heterocycles. The van der Waals surface area contributed by atoms with Gasteiger partial charge in [-0.25, -0.2) is 0 Å². The highest BCUT2D eigenvalue weighted by Crippen LogP contribution is 2.42. The molecule has 1 aliphatic rings. The third-order valence-electron chi connectivity index (χ3n) is 6.49. The number of aryl methyl sites for hydroxylation is 2. The first-order chi connectivity index (χ1) is 14.9. The van der Waals surface area contributed by atoms with Crippen molar-refractivity contribution in [3.63, 3.8) is 0 Å². The molecule has 0 spiro atoms. The number of thiophene rings is 1. The minimum atomic E-state index is -0.888. The first kappa shape index (κ1) is 19.8. The number of carboxylic acids is 1. The summed E-state index contributed by atoms with van der Waals surface area (Å²) in [6.07, 6.45) is 1.83. The largest absolute Gasteiger partial charge is 0.493 e. The summed E-state index contributed by atoms with van der Waals surface area (Å²) < 4.78 is 6.54. The van der Waals surface area contributed by atoms with Gasteiger partial charge in [0, 0.05) is 10.8 Å². The number of pyridine rings is 1. The van der Waals surface area contributed by atoms with E-state index in [-0.39, 0.29) is 12.0 Å². The molecule has 0 bridgehead atoms. The van der Waals surface area contributed by atoms with Crippen LogP contribution in [0.2, 0.25) is 0 Å². The van der Waals surface area contributed by atoms with Gasteiger partial charge in [-0.1, -0.05) is 6.07 Å². The van der Waals surface area contributed by atoms with Crippen molar-refractivity contribution in [1.29, 1.82) is 0 Å². The third-order valence-corrected chi connectivity index (χ3v) is 7.40. The van der Waals surface area contributed by atoms with E-state index >= 15 is 0 Å². The molecule has 0 atom stereocenters. The van der Waals surface area contributed by atoms with Gasteiger partial charge in [0.1, 0.15) is 10.4 Å². The monoisotopic (exact) mass is 433 g/mol. The fourth-order valence-corrected chi connectivity index (χ4v) is 5.82. The molecule has 0 saturated carbocycles. The lowest BCUT2D eigenvalue weighted by atomic mass is 9.83. The number of H-pyrrole nitrogens is 1. The van der Waals surface area contributed by atoms with Crippen molar-refractivity contribution in [1.82, 2.24) is 4.98 Å². The Balaban J connectivity index is 1.94. The Morgan fingerprint density at radius 3 is 2.74 bits per heavy atom. The van der Waals surface area contributed by atoms with E-state index in [0.717, 1.165) is 74.9 Å². The van der Waals surface area contributed by atoms with Crippen LogP contribution in [0.25, 0.3) is 32.1 Å². The Hall–Kier alpha value is -3.12. The Kier molecular flexibility index (Phi) is 4.63. The highest BCUT2D eigenvalue weighted by atomic mass is 32.1. The van der Waals surface area contributed by atoms with Gasteiger partial charge in [0.25, 0.3) is 5.56 Å². The van der Waals surface area contributed by atoms with E-state index in [0.29, 0.717) is 4.70 Å². The van der Waals surface area contributed by atoms with Gasteiger partial charge in [0.2, 0.25) is 0 Å². The van der Waals surface area contributed by atoms with Gasteiger partial charge in [-0.15, -0.1) is 11.3 Å². The molecule has 1 aliphatic heterocycles. The summed E-state index contributed by atoms with van der Waals surface area (Å²) in [5, 5.41) is 13.5. The van der Waals surface area contributed by atoms with Crippen molar-refractivity contribution in [2.24, 2.45) is 0 Å². The fraction of sp³-hybridized carbons (Fsp3) is 0.280. The number of carboxylic acid groups (broad SMARTS) is 1. The minimum absolute atomic E-state index is 0.103. The second-order valence-corrected chi connectivity index (χ2v) is 9.12. The molecule has 31 heavy (non-hydrogen) atoms. The SMILES string of the molecule is Cc1c(-c2c(CC(=O)O)c(C)c3[nH]c(=O)c4sccc4c3c2C)ccc2c1CCCO2. The molecule has 2 aromatic heterocycles. The lowest BCUT2D eigenvalue weighted by Gasteiger charge is -2.24. The van der Waals surface area contributed by atoms with E-state index in [1.165, 1.54) is 16.9 Å². The van der Waals surface area contributed by atoms with Crippen molar-refractivity contribution in [3.8, 4) is 16.9 Å².